The van der Waals surface area contributed by atoms with Crippen LogP contribution in [-0.2, 0) is 4.79 Å². The van der Waals surface area contributed by atoms with Gasteiger partial charge >= 0.3 is 0 Å². The Hall–Kier alpha value is -2.21. The van der Waals surface area contributed by atoms with Crippen molar-refractivity contribution in [1.29, 1.82) is 0 Å². The molecule has 6 heteroatoms. The molecule has 140 valence electrons. The molecule has 1 fully saturated rings. The summed E-state index contributed by atoms with van der Waals surface area (Å²) in [4.78, 5) is 23.5. The van der Waals surface area contributed by atoms with Crippen LogP contribution < -0.4 is 10.1 Å². The third-order valence-electron chi connectivity index (χ3n) is 4.83. The van der Waals surface area contributed by atoms with Gasteiger partial charge in [0.1, 0.15) is 5.75 Å². The second-order valence-corrected chi connectivity index (χ2v) is 7.20. The molecule has 26 heavy (non-hydrogen) atoms. The predicted molar refractivity (Wildman–Crippen MR) is 102 cm³/mol. The Morgan fingerprint density at radius 1 is 1.31 bits per heavy atom. The van der Waals surface area contributed by atoms with Crippen LogP contribution in [0.2, 0.25) is 0 Å². The Morgan fingerprint density at radius 3 is 2.88 bits per heavy atom. The molecule has 1 aromatic rings. The van der Waals surface area contributed by atoms with Gasteiger partial charge in [-0.1, -0.05) is 13.3 Å². The molecule has 0 spiro atoms. The summed E-state index contributed by atoms with van der Waals surface area (Å²) in [5, 5.41) is 3.01. The van der Waals surface area contributed by atoms with E-state index >= 15 is 0 Å². The van der Waals surface area contributed by atoms with Crippen molar-refractivity contribution in [3.05, 3.63) is 35.8 Å². The topological polar surface area (TPSA) is 66.8 Å². The van der Waals surface area contributed by atoms with Crippen molar-refractivity contribution >= 4 is 11.6 Å². The molecule has 6 nitrogen and oxygen atoms in total. The van der Waals surface area contributed by atoms with E-state index in [0.29, 0.717) is 24.6 Å². The monoisotopic (exact) mass is 356 g/mol. The van der Waals surface area contributed by atoms with Crippen molar-refractivity contribution < 1.29 is 9.53 Å². The number of carbonyl (C=O) groups excluding carboxylic acids is 1. The fraction of sp³-hybridized carbons (Fsp3) is 0.550. The molecule has 0 aliphatic carbocycles. The number of likely N-dealkylation sites (tertiary alicyclic amines) is 1. The van der Waals surface area contributed by atoms with Crippen LogP contribution in [-0.4, -0.2) is 54.8 Å². The van der Waals surface area contributed by atoms with Gasteiger partial charge in [0.15, 0.2) is 0 Å². The lowest BCUT2D eigenvalue weighted by molar-refractivity contribution is -0.121. The van der Waals surface area contributed by atoms with Gasteiger partial charge in [-0.3, -0.25) is 14.8 Å². The van der Waals surface area contributed by atoms with Crippen LogP contribution in [0.4, 0.5) is 0 Å². The average molecular weight is 356 g/mol. The number of allylic oxidation sites excluding steroid dienone is 1. The van der Waals surface area contributed by atoms with E-state index in [0.717, 1.165) is 23.5 Å². The van der Waals surface area contributed by atoms with Gasteiger partial charge in [0.05, 0.1) is 25.6 Å². The van der Waals surface area contributed by atoms with Crippen LogP contribution in [0.5, 0.6) is 5.75 Å². The SMILES string of the molecule is COc1cncc(C2=NCC(NC(=O)CC(C)CN3CCCCC3)=C2)c1. The zero-order valence-corrected chi connectivity index (χ0v) is 15.7. The van der Waals surface area contributed by atoms with Crippen LogP contribution in [0.3, 0.4) is 0 Å². The molecule has 3 heterocycles. The number of carbonyl (C=O) groups is 1. The summed E-state index contributed by atoms with van der Waals surface area (Å²) in [5.41, 5.74) is 2.57. The molecule has 1 atom stereocenters. The molecule has 1 N–H and O–H groups in total. The molecule has 1 amide bonds. The summed E-state index contributed by atoms with van der Waals surface area (Å²) >= 11 is 0. The number of nitrogens with zero attached hydrogens (tertiary/aromatic N) is 3. The maximum atomic E-state index is 12.3. The molecule has 1 unspecified atom stereocenters. The largest absolute Gasteiger partial charge is 0.495 e. The number of amides is 1. The van der Waals surface area contributed by atoms with Crippen LogP contribution in [0, 0.1) is 5.92 Å². The highest BCUT2D eigenvalue weighted by Gasteiger charge is 2.18. The van der Waals surface area contributed by atoms with Gasteiger partial charge in [0, 0.05) is 30.4 Å². The number of hydrogen-bond donors (Lipinski definition) is 1. The minimum absolute atomic E-state index is 0.0703. The molecular weight excluding hydrogens is 328 g/mol. The summed E-state index contributed by atoms with van der Waals surface area (Å²) < 4.78 is 5.20. The highest BCUT2D eigenvalue weighted by molar-refractivity contribution is 6.10. The molecule has 1 saturated heterocycles. The Morgan fingerprint density at radius 2 is 2.12 bits per heavy atom. The molecule has 2 aliphatic rings. The highest BCUT2D eigenvalue weighted by atomic mass is 16.5. The number of pyridine rings is 1. The summed E-state index contributed by atoms with van der Waals surface area (Å²) in [6.45, 7) is 6.00. The van der Waals surface area contributed by atoms with E-state index < -0.39 is 0 Å². The number of rotatable bonds is 7. The number of ether oxygens (including phenoxy) is 1. The van der Waals surface area contributed by atoms with Crippen LogP contribution in [0.1, 0.15) is 38.2 Å². The maximum Gasteiger partial charge on any atom is 0.224 e. The van der Waals surface area contributed by atoms with Gasteiger partial charge in [-0.05, 0) is 44.0 Å². The molecule has 0 radical (unpaired) electrons. The summed E-state index contributed by atoms with van der Waals surface area (Å²) in [6, 6.07) is 1.90. The lowest BCUT2D eigenvalue weighted by Crippen LogP contribution is -2.35. The first kappa shape index (κ1) is 18.6. The number of hydrogen-bond acceptors (Lipinski definition) is 5. The molecule has 0 aromatic carbocycles. The second kappa shape index (κ2) is 8.94. The van der Waals surface area contributed by atoms with Crippen molar-refractivity contribution in [2.45, 2.75) is 32.6 Å². The van der Waals surface area contributed by atoms with Crippen molar-refractivity contribution in [2.75, 3.05) is 33.3 Å². The second-order valence-electron chi connectivity index (χ2n) is 7.20. The average Bonchev–Trinajstić information content (AvgIpc) is 3.10. The minimum Gasteiger partial charge on any atom is -0.495 e. The first-order valence-corrected chi connectivity index (χ1v) is 9.40. The van der Waals surface area contributed by atoms with E-state index in [1.807, 2.05) is 12.1 Å². The number of aliphatic imine (C=N–C) groups is 1. The Balaban J connectivity index is 1.48. The van der Waals surface area contributed by atoms with Crippen LogP contribution >= 0.6 is 0 Å². The summed E-state index contributed by atoms with van der Waals surface area (Å²) in [7, 11) is 1.61. The van der Waals surface area contributed by atoms with Gasteiger partial charge in [0.25, 0.3) is 0 Å². The van der Waals surface area contributed by atoms with Crippen LogP contribution in [0.25, 0.3) is 0 Å². The van der Waals surface area contributed by atoms with Gasteiger partial charge < -0.3 is 15.0 Å². The summed E-state index contributed by atoms with van der Waals surface area (Å²) in [5.74, 6) is 1.13. The number of aromatic nitrogens is 1. The van der Waals surface area contributed by atoms with E-state index in [2.05, 4.69) is 27.1 Å². The quantitative estimate of drug-likeness (QED) is 0.815. The zero-order valence-electron chi connectivity index (χ0n) is 15.7. The number of methoxy groups -OCH3 is 1. The molecule has 1 aromatic heterocycles. The summed E-state index contributed by atoms with van der Waals surface area (Å²) in [6.07, 6.45) is 9.78. The smallest absolute Gasteiger partial charge is 0.224 e. The Labute approximate surface area is 155 Å². The molecule has 3 rings (SSSR count). The number of nitrogens with one attached hydrogen (secondary N) is 1. The maximum absolute atomic E-state index is 12.3. The van der Waals surface area contributed by atoms with E-state index in [4.69, 9.17) is 4.74 Å². The van der Waals surface area contributed by atoms with E-state index in [9.17, 15) is 4.79 Å². The molecule has 2 aliphatic heterocycles. The first-order chi connectivity index (χ1) is 12.6. The standard InChI is InChI=1S/C20H28N4O2/c1-15(14-24-6-4-3-5-7-24)8-20(25)23-17-10-19(22-12-17)16-9-18(26-2)13-21-11-16/h9-11,13,15H,3-8,12,14H2,1-2H3,(H,23,25). The molecular formula is C20H28N4O2. The predicted octanol–water partition coefficient (Wildman–Crippen LogP) is 2.41. The Kier molecular flexibility index (Phi) is 6.39. The zero-order chi connectivity index (χ0) is 18.4. The van der Waals surface area contributed by atoms with Crippen molar-refractivity contribution in [3.8, 4) is 5.75 Å². The third-order valence-corrected chi connectivity index (χ3v) is 4.83. The lowest BCUT2D eigenvalue weighted by Gasteiger charge is -2.28. The number of piperidine rings is 1. The lowest BCUT2D eigenvalue weighted by atomic mass is 10.0. The van der Waals surface area contributed by atoms with E-state index in [-0.39, 0.29) is 5.91 Å². The fourth-order valence-electron chi connectivity index (χ4n) is 3.54. The van der Waals surface area contributed by atoms with E-state index in [1.54, 1.807) is 19.5 Å². The van der Waals surface area contributed by atoms with Gasteiger partial charge in [0.2, 0.25) is 5.91 Å². The van der Waals surface area contributed by atoms with Gasteiger partial charge in [-0.2, -0.15) is 0 Å². The third kappa shape index (κ3) is 5.14. The van der Waals surface area contributed by atoms with Gasteiger partial charge in [-0.25, -0.2) is 0 Å². The van der Waals surface area contributed by atoms with Gasteiger partial charge in [-0.15, -0.1) is 0 Å². The molecule has 0 bridgehead atoms. The van der Waals surface area contributed by atoms with Crippen molar-refractivity contribution in [3.63, 3.8) is 0 Å². The Bertz CT molecular complexity index is 693. The fourth-order valence-corrected chi connectivity index (χ4v) is 3.54. The van der Waals surface area contributed by atoms with Crippen molar-refractivity contribution in [1.82, 2.24) is 15.2 Å². The molecule has 0 saturated carbocycles. The highest BCUT2D eigenvalue weighted by Crippen LogP contribution is 2.16. The normalized spacial score (nSPS) is 18.8. The van der Waals surface area contributed by atoms with Crippen LogP contribution in [0.15, 0.2) is 35.2 Å². The van der Waals surface area contributed by atoms with Crippen molar-refractivity contribution in [2.24, 2.45) is 10.9 Å². The first-order valence-electron chi connectivity index (χ1n) is 9.40. The minimum atomic E-state index is 0.0703. The van der Waals surface area contributed by atoms with E-state index in [1.165, 1.54) is 32.4 Å².